The van der Waals surface area contributed by atoms with Gasteiger partial charge in [0.2, 0.25) is 0 Å². The van der Waals surface area contributed by atoms with E-state index in [1.807, 2.05) is 12.1 Å². The van der Waals surface area contributed by atoms with E-state index in [4.69, 9.17) is 10.5 Å². The summed E-state index contributed by atoms with van der Waals surface area (Å²) in [6.07, 6.45) is 0. The zero-order chi connectivity index (χ0) is 10.0. The molecule has 0 unspecified atom stereocenters. The van der Waals surface area contributed by atoms with Crippen LogP contribution in [0, 0.1) is 11.8 Å². The molecule has 0 radical (unpaired) electrons. The van der Waals surface area contributed by atoms with E-state index in [-0.39, 0.29) is 0 Å². The van der Waals surface area contributed by atoms with E-state index >= 15 is 0 Å². The summed E-state index contributed by atoms with van der Waals surface area (Å²) in [7, 11) is 0. The minimum absolute atomic E-state index is 0.301. The molecule has 0 atom stereocenters. The molecule has 1 saturated heterocycles. The van der Waals surface area contributed by atoms with E-state index in [0.29, 0.717) is 18.9 Å². The molecule has 1 aliphatic rings. The van der Waals surface area contributed by atoms with Crippen LogP contribution in [0.3, 0.4) is 0 Å². The maximum Gasteiger partial charge on any atom is 0.172 e. The van der Waals surface area contributed by atoms with Gasteiger partial charge in [0, 0.05) is 11.3 Å². The first-order valence-corrected chi connectivity index (χ1v) is 4.37. The number of aliphatic hydroxyl groups is 1. The van der Waals surface area contributed by atoms with Crippen LogP contribution >= 0.6 is 0 Å². The topological polar surface area (TPSA) is 55.5 Å². The molecule has 0 amide bonds. The Labute approximate surface area is 82.5 Å². The summed E-state index contributed by atoms with van der Waals surface area (Å²) in [5, 5.41) is 9.60. The Bertz CT molecular complexity index is 382. The molecular weight excluding hydrogens is 178 g/mol. The molecule has 1 fully saturated rings. The van der Waals surface area contributed by atoms with Gasteiger partial charge in [0.25, 0.3) is 0 Å². The van der Waals surface area contributed by atoms with Crippen LogP contribution in [-0.2, 0) is 4.74 Å². The largest absolute Gasteiger partial charge is 0.399 e. The molecule has 14 heavy (non-hydrogen) atoms. The molecule has 0 aliphatic carbocycles. The van der Waals surface area contributed by atoms with Crippen molar-refractivity contribution in [3.05, 3.63) is 29.8 Å². The second kappa shape index (κ2) is 3.33. The summed E-state index contributed by atoms with van der Waals surface area (Å²) >= 11 is 0. The average Bonchev–Trinajstić information content (AvgIpc) is 2.14. The third-order valence-electron chi connectivity index (χ3n) is 2.03. The van der Waals surface area contributed by atoms with Gasteiger partial charge in [-0.25, -0.2) is 0 Å². The first-order valence-electron chi connectivity index (χ1n) is 4.37. The van der Waals surface area contributed by atoms with Crippen LogP contribution in [0.25, 0.3) is 0 Å². The highest BCUT2D eigenvalue weighted by Gasteiger charge is 2.33. The van der Waals surface area contributed by atoms with E-state index in [1.54, 1.807) is 12.1 Å². The minimum Gasteiger partial charge on any atom is -0.399 e. The standard InChI is InChI=1S/C11H11NO2/c12-10-3-1-9(2-4-10)5-6-11(13)7-14-8-11/h1-4,13H,7-8,12H2. The zero-order valence-corrected chi connectivity index (χ0v) is 7.66. The lowest BCUT2D eigenvalue weighted by molar-refractivity contribution is -0.140. The van der Waals surface area contributed by atoms with Crippen LogP contribution in [0.4, 0.5) is 5.69 Å². The SMILES string of the molecule is Nc1ccc(C#CC2(O)COC2)cc1. The van der Waals surface area contributed by atoms with Gasteiger partial charge in [-0.05, 0) is 24.3 Å². The molecule has 1 aromatic rings. The monoisotopic (exact) mass is 189 g/mol. The Balaban J connectivity index is 2.13. The van der Waals surface area contributed by atoms with Crippen molar-refractivity contribution in [2.24, 2.45) is 0 Å². The minimum atomic E-state index is -0.943. The molecule has 1 heterocycles. The Hall–Kier alpha value is -1.50. The fourth-order valence-corrected chi connectivity index (χ4v) is 1.12. The summed E-state index contributed by atoms with van der Waals surface area (Å²) in [5.41, 5.74) is 6.14. The van der Waals surface area contributed by atoms with Gasteiger partial charge in [0.1, 0.15) is 0 Å². The quantitative estimate of drug-likeness (QED) is 0.458. The lowest BCUT2D eigenvalue weighted by Crippen LogP contribution is -2.48. The number of nitrogen functional groups attached to an aromatic ring is 1. The first kappa shape index (κ1) is 9.07. The van der Waals surface area contributed by atoms with E-state index < -0.39 is 5.60 Å². The van der Waals surface area contributed by atoms with Crippen LogP contribution in [0.1, 0.15) is 5.56 Å². The summed E-state index contributed by atoms with van der Waals surface area (Å²) in [6, 6.07) is 7.22. The number of hydrogen-bond donors (Lipinski definition) is 2. The third-order valence-corrected chi connectivity index (χ3v) is 2.03. The van der Waals surface area contributed by atoms with Gasteiger partial charge in [0.05, 0.1) is 13.2 Å². The van der Waals surface area contributed by atoms with Crippen molar-refractivity contribution in [3.63, 3.8) is 0 Å². The van der Waals surface area contributed by atoms with Gasteiger partial charge in [-0.3, -0.25) is 0 Å². The number of anilines is 1. The van der Waals surface area contributed by atoms with Crippen LogP contribution in [0.2, 0.25) is 0 Å². The van der Waals surface area contributed by atoms with E-state index in [9.17, 15) is 5.11 Å². The van der Waals surface area contributed by atoms with Crippen molar-refractivity contribution in [1.82, 2.24) is 0 Å². The number of benzene rings is 1. The van der Waals surface area contributed by atoms with Gasteiger partial charge in [-0.1, -0.05) is 11.8 Å². The number of ether oxygens (including phenoxy) is 1. The number of hydrogen-bond acceptors (Lipinski definition) is 3. The van der Waals surface area contributed by atoms with Gasteiger partial charge in [-0.2, -0.15) is 0 Å². The normalized spacial score (nSPS) is 17.8. The van der Waals surface area contributed by atoms with Crippen LogP contribution in [-0.4, -0.2) is 23.9 Å². The highest BCUT2D eigenvalue weighted by Crippen LogP contribution is 2.15. The highest BCUT2D eigenvalue weighted by atomic mass is 16.5. The maximum absolute atomic E-state index is 9.60. The van der Waals surface area contributed by atoms with Gasteiger partial charge >= 0.3 is 0 Å². The summed E-state index contributed by atoms with van der Waals surface area (Å²) in [4.78, 5) is 0. The molecule has 0 saturated carbocycles. The molecule has 1 aromatic carbocycles. The molecule has 0 aromatic heterocycles. The molecule has 3 heteroatoms. The first-order chi connectivity index (χ1) is 6.68. The van der Waals surface area contributed by atoms with Crippen molar-refractivity contribution in [3.8, 4) is 11.8 Å². The van der Waals surface area contributed by atoms with Gasteiger partial charge < -0.3 is 15.6 Å². The van der Waals surface area contributed by atoms with E-state index in [0.717, 1.165) is 5.56 Å². The highest BCUT2D eigenvalue weighted by molar-refractivity contribution is 5.45. The lowest BCUT2D eigenvalue weighted by Gasteiger charge is -2.30. The molecule has 0 bridgehead atoms. The molecular formula is C11H11NO2. The Kier molecular flexibility index (Phi) is 2.16. The van der Waals surface area contributed by atoms with Crippen molar-refractivity contribution < 1.29 is 9.84 Å². The van der Waals surface area contributed by atoms with E-state index in [1.165, 1.54) is 0 Å². The molecule has 3 N–H and O–H groups in total. The Morgan fingerprint density at radius 1 is 1.29 bits per heavy atom. The fraction of sp³-hybridized carbons (Fsp3) is 0.273. The van der Waals surface area contributed by atoms with Crippen LogP contribution in [0.5, 0.6) is 0 Å². The zero-order valence-electron chi connectivity index (χ0n) is 7.66. The second-order valence-electron chi connectivity index (χ2n) is 3.40. The van der Waals surface area contributed by atoms with Crippen molar-refractivity contribution in [1.29, 1.82) is 0 Å². The summed E-state index contributed by atoms with van der Waals surface area (Å²) in [6.45, 7) is 0.601. The fourth-order valence-electron chi connectivity index (χ4n) is 1.12. The lowest BCUT2D eigenvalue weighted by atomic mass is 10.0. The Morgan fingerprint density at radius 3 is 2.43 bits per heavy atom. The summed E-state index contributed by atoms with van der Waals surface area (Å²) < 4.78 is 4.87. The molecule has 0 spiro atoms. The second-order valence-corrected chi connectivity index (χ2v) is 3.40. The smallest absolute Gasteiger partial charge is 0.172 e. The number of rotatable bonds is 0. The van der Waals surface area contributed by atoms with Gasteiger partial charge in [0.15, 0.2) is 5.60 Å². The maximum atomic E-state index is 9.60. The van der Waals surface area contributed by atoms with Crippen molar-refractivity contribution in [2.75, 3.05) is 18.9 Å². The molecule has 3 nitrogen and oxygen atoms in total. The van der Waals surface area contributed by atoms with Crippen LogP contribution < -0.4 is 5.73 Å². The molecule has 1 aliphatic heterocycles. The van der Waals surface area contributed by atoms with Crippen molar-refractivity contribution in [2.45, 2.75) is 5.60 Å². The average molecular weight is 189 g/mol. The third kappa shape index (κ3) is 1.87. The number of nitrogens with two attached hydrogens (primary N) is 1. The molecule has 2 rings (SSSR count). The molecule has 72 valence electrons. The predicted octanol–water partition coefficient (Wildman–Crippen LogP) is 0.382. The van der Waals surface area contributed by atoms with Crippen molar-refractivity contribution >= 4 is 5.69 Å². The van der Waals surface area contributed by atoms with Crippen LogP contribution in [0.15, 0.2) is 24.3 Å². The predicted molar refractivity (Wildman–Crippen MR) is 53.5 cm³/mol. The Morgan fingerprint density at radius 2 is 1.93 bits per heavy atom. The summed E-state index contributed by atoms with van der Waals surface area (Å²) in [5.74, 6) is 5.65. The van der Waals surface area contributed by atoms with Gasteiger partial charge in [-0.15, -0.1) is 0 Å². The van der Waals surface area contributed by atoms with E-state index in [2.05, 4.69) is 11.8 Å².